The van der Waals surface area contributed by atoms with Crippen molar-refractivity contribution in [2.45, 2.75) is 19.0 Å². The Kier molecular flexibility index (Phi) is 5.01. The van der Waals surface area contributed by atoms with Crippen LogP contribution in [0, 0.1) is 0 Å². The predicted octanol–water partition coefficient (Wildman–Crippen LogP) is 1.08. The molecule has 2 rings (SSSR count). The third-order valence-corrected chi connectivity index (χ3v) is 3.01. The highest BCUT2D eigenvalue weighted by atomic mass is 16.5. The number of nitrogens with two attached hydrogens (primary N) is 1. The Bertz CT molecular complexity index is 404. The summed E-state index contributed by atoms with van der Waals surface area (Å²) in [4.78, 5) is 0. The molecule has 1 aromatic rings. The molecule has 0 saturated carbocycles. The first-order valence-corrected chi connectivity index (χ1v) is 6.58. The van der Waals surface area contributed by atoms with Crippen LogP contribution in [-0.2, 0) is 4.74 Å². The van der Waals surface area contributed by atoms with E-state index in [9.17, 15) is 0 Å². The van der Waals surface area contributed by atoms with Crippen molar-refractivity contribution in [1.82, 2.24) is 5.32 Å². The van der Waals surface area contributed by atoms with E-state index >= 15 is 0 Å². The zero-order chi connectivity index (χ0) is 13.7. The van der Waals surface area contributed by atoms with Gasteiger partial charge in [0.2, 0.25) is 0 Å². The van der Waals surface area contributed by atoms with Gasteiger partial charge >= 0.3 is 0 Å². The third-order valence-electron chi connectivity index (χ3n) is 3.01. The van der Waals surface area contributed by atoms with Crippen LogP contribution in [0.1, 0.15) is 18.5 Å². The van der Waals surface area contributed by atoms with Crippen molar-refractivity contribution < 1.29 is 14.2 Å². The zero-order valence-corrected chi connectivity index (χ0v) is 11.5. The molecule has 5 nitrogen and oxygen atoms in total. The summed E-state index contributed by atoms with van der Waals surface area (Å²) in [5, 5.41) is 3.42. The first-order chi connectivity index (χ1) is 9.20. The van der Waals surface area contributed by atoms with Crippen LogP contribution in [0.2, 0.25) is 0 Å². The molecule has 0 aliphatic carbocycles. The molecule has 0 aromatic heterocycles. The number of methoxy groups -OCH3 is 1. The molecule has 0 radical (unpaired) electrons. The van der Waals surface area contributed by atoms with Gasteiger partial charge in [0, 0.05) is 18.2 Å². The van der Waals surface area contributed by atoms with E-state index < -0.39 is 0 Å². The predicted molar refractivity (Wildman–Crippen MR) is 73.7 cm³/mol. The van der Waals surface area contributed by atoms with Gasteiger partial charge in [0.25, 0.3) is 0 Å². The molecule has 1 heterocycles. The summed E-state index contributed by atoms with van der Waals surface area (Å²) < 4.78 is 16.5. The largest absolute Gasteiger partial charge is 0.496 e. The van der Waals surface area contributed by atoms with Crippen molar-refractivity contribution >= 4 is 0 Å². The second-order valence-corrected chi connectivity index (χ2v) is 4.77. The number of nitrogens with one attached hydrogen (secondary N) is 1. The molecule has 1 aliphatic rings. The Morgan fingerprint density at radius 3 is 3.00 bits per heavy atom. The summed E-state index contributed by atoms with van der Waals surface area (Å²) in [5.41, 5.74) is 6.75. The molecule has 0 bridgehead atoms. The number of benzene rings is 1. The van der Waals surface area contributed by atoms with Gasteiger partial charge in [-0.1, -0.05) is 0 Å². The minimum absolute atomic E-state index is 0.0155. The van der Waals surface area contributed by atoms with Gasteiger partial charge in [0.05, 0.1) is 26.4 Å². The average Bonchev–Trinajstić information content (AvgIpc) is 2.45. The molecule has 3 N–H and O–H groups in total. The molecule has 1 aliphatic heterocycles. The standard InChI is InChI=1S/C14H22N2O3/c1-10(15)8-19-11-3-4-14(17-2)12(7-11)13-9-18-6-5-16-13/h3-4,7,10,13,16H,5-6,8-9,15H2,1-2H3. The maximum absolute atomic E-state index is 5.70. The van der Waals surface area contributed by atoms with E-state index in [0.29, 0.717) is 13.2 Å². The smallest absolute Gasteiger partial charge is 0.123 e. The molecule has 5 heteroatoms. The third kappa shape index (κ3) is 3.83. The average molecular weight is 266 g/mol. The SMILES string of the molecule is COc1ccc(OCC(C)N)cc1C1COCCN1. The van der Waals surface area contributed by atoms with Crippen molar-refractivity contribution in [1.29, 1.82) is 0 Å². The lowest BCUT2D eigenvalue weighted by atomic mass is 10.1. The van der Waals surface area contributed by atoms with Crippen LogP contribution < -0.4 is 20.5 Å². The molecule has 0 spiro atoms. The highest BCUT2D eigenvalue weighted by molar-refractivity contribution is 5.42. The van der Waals surface area contributed by atoms with Crippen molar-refractivity contribution in [3.63, 3.8) is 0 Å². The molecule has 2 unspecified atom stereocenters. The van der Waals surface area contributed by atoms with Crippen molar-refractivity contribution in [3.05, 3.63) is 23.8 Å². The minimum Gasteiger partial charge on any atom is -0.496 e. The number of rotatable bonds is 5. The Hall–Kier alpha value is -1.30. The van der Waals surface area contributed by atoms with Gasteiger partial charge < -0.3 is 25.3 Å². The van der Waals surface area contributed by atoms with Crippen molar-refractivity contribution in [2.24, 2.45) is 5.73 Å². The molecule has 19 heavy (non-hydrogen) atoms. The van der Waals surface area contributed by atoms with Crippen LogP contribution in [0.3, 0.4) is 0 Å². The van der Waals surface area contributed by atoms with Crippen molar-refractivity contribution in [3.8, 4) is 11.5 Å². The Labute approximate surface area is 114 Å². The zero-order valence-electron chi connectivity index (χ0n) is 11.5. The highest BCUT2D eigenvalue weighted by Crippen LogP contribution is 2.30. The number of hydrogen-bond donors (Lipinski definition) is 2. The first kappa shape index (κ1) is 14.1. The van der Waals surface area contributed by atoms with Crippen LogP contribution in [0.25, 0.3) is 0 Å². The normalized spacial score (nSPS) is 20.9. The molecule has 0 amide bonds. The first-order valence-electron chi connectivity index (χ1n) is 6.58. The lowest BCUT2D eigenvalue weighted by Gasteiger charge is -2.26. The van der Waals surface area contributed by atoms with E-state index in [1.54, 1.807) is 7.11 Å². The van der Waals surface area contributed by atoms with E-state index in [2.05, 4.69) is 5.32 Å². The molecular weight excluding hydrogens is 244 g/mol. The molecule has 1 saturated heterocycles. The summed E-state index contributed by atoms with van der Waals surface area (Å²) >= 11 is 0. The highest BCUT2D eigenvalue weighted by Gasteiger charge is 2.19. The van der Waals surface area contributed by atoms with Crippen LogP contribution in [0.5, 0.6) is 11.5 Å². The van der Waals surface area contributed by atoms with Crippen LogP contribution >= 0.6 is 0 Å². The number of hydrogen-bond acceptors (Lipinski definition) is 5. The summed E-state index contributed by atoms with van der Waals surface area (Å²) in [7, 11) is 1.67. The second-order valence-electron chi connectivity index (χ2n) is 4.77. The quantitative estimate of drug-likeness (QED) is 0.835. The van der Waals surface area contributed by atoms with Gasteiger partial charge in [-0.3, -0.25) is 0 Å². The topological polar surface area (TPSA) is 65.7 Å². The van der Waals surface area contributed by atoms with Crippen LogP contribution in [-0.4, -0.2) is 39.5 Å². The van der Waals surface area contributed by atoms with Gasteiger partial charge in [0.1, 0.15) is 18.1 Å². The van der Waals surface area contributed by atoms with E-state index in [1.165, 1.54) is 0 Å². The summed E-state index contributed by atoms with van der Waals surface area (Å²) in [6.45, 7) is 4.66. The lowest BCUT2D eigenvalue weighted by Crippen LogP contribution is -2.34. The number of ether oxygens (including phenoxy) is 3. The fourth-order valence-corrected chi connectivity index (χ4v) is 2.07. The monoisotopic (exact) mass is 266 g/mol. The van der Waals surface area contributed by atoms with E-state index in [-0.39, 0.29) is 12.1 Å². The molecule has 106 valence electrons. The van der Waals surface area contributed by atoms with E-state index in [1.807, 2.05) is 25.1 Å². The summed E-state index contributed by atoms with van der Waals surface area (Å²) in [5.74, 6) is 1.65. The summed E-state index contributed by atoms with van der Waals surface area (Å²) in [6.07, 6.45) is 0. The van der Waals surface area contributed by atoms with Crippen molar-refractivity contribution in [2.75, 3.05) is 33.5 Å². The molecular formula is C14H22N2O3. The lowest BCUT2D eigenvalue weighted by molar-refractivity contribution is 0.0759. The number of morpholine rings is 1. The minimum atomic E-state index is 0.0155. The molecule has 2 atom stereocenters. The van der Waals surface area contributed by atoms with Crippen LogP contribution in [0.15, 0.2) is 18.2 Å². The van der Waals surface area contributed by atoms with Gasteiger partial charge in [-0.05, 0) is 25.1 Å². The Balaban J connectivity index is 2.15. The van der Waals surface area contributed by atoms with E-state index in [0.717, 1.165) is 30.2 Å². The second kappa shape index (κ2) is 6.75. The van der Waals surface area contributed by atoms with Gasteiger partial charge in [-0.2, -0.15) is 0 Å². The summed E-state index contributed by atoms with van der Waals surface area (Å²) in [6, 6.07) is 5.97. The maximum Gasteiger partial charge on any atom is 0.123 e. The van der Waals surface area contributed by atoms with Gasteiger partial charge in [-0.15, -0.1) is 0 Å². The molecule has 1 aromatic carbocycles. The van der Waals surface area contributed by atoms with Gasteiger partial charge in [-0.25, -0.2) is 0 Å². The fourth-order valence-electron chi connectivity index (χ4n) is 2.07. The Morgan fingerprint density at radius 2 is 2.37 bits per heavy atom. The van der Waals surface area contributed by atoms with E-state index in [4.69, 9.17) is 19.9 Å². The fraction of sp³-hybridized carbons (Fsp3) is 0.571. The molecule has 1 fully saturated rings. The van der Waals surface area contributed by atoms with Gasteiger partial charge in [0.15, 0.2) is 0 Å². The maximum atomic E-state index is 5.70. The van der Waals surface area contributed by atoms with Crippen LogP contribution in [0.4, 0.5) is 0 Å². The Morgan fingerprint density at radius 1 is 1.53 bits per heavy atom.